The van der Waals surface area contributed by atoms with Crippen molar-refractivity contribution in [3.8, 4) is 0 Å². The van der Waals surface area contributed by atoms with Crippen LogP contribution in [0.1, 0.15) is 30.0 Å². The van der Waals surface area contributed by atoms with Gasteiger partial charge in [0.2, 0.25) is 0 Å². The van der Waals surface area contributed by atoms with E-state index < -0.39 is 0 Å². The van der Waals surface area contributed by atoms with Crippen molar-refractivity contribution < 1.29 is 0 Å². The Hall–Kier alpha value is -2.62. The van der Waals surface area contributed by atoms with Crippen LogP contribution in [0.25, 0.3) is 16.7 Å². The SMILES string of the molecule is Cc1cc2c(ccc3nnc(C)n32)n1C(C)c1ccccc1. The lowest BCUT2D eigenvalue weighted by Crippen LogP contribution is -2.08. The molecule has 3 heterocycles. The van der Waals surface area contributed by atoms with Crippen LogP contribution in [0.5, 0.6) is 0 Å². The van der Waals surface area contributed by atoms with Gasteiger partial charge < -0.3 is 4.57 Å². The first-order valence-corrected chi connectivity index (χ1v) is 7.54. The Morgan fingerprint density at radius 3 is 2.45 bits per heavy atom. The van der Waals surface area contributed by atoms with Crippen molar-refractivity contribution in [1.82, 2.24) is 19.2 Å². The van der Waals surface area contributed by atoms with E-state index in [1.54, 1.807) is 0 Å². The van der Waals surface area contributed by atoms with Crippen molar-refractivity contribution in [3.63, 3.8) is 0 Å². The zero-order valence-corrected chi connectivity index (χ0v) is 13.0. The number of benzene rings is 1. The Balaban J connectivity index is 2.00. The second-order valence-corrected chi connectivity index (χ2v) is 5.79. The zero-order valence-electron chi connectivity index (χ0n) is 13.0. The predicted molar refractivity (Wildman–Crippen MR) is 88.2 cm³/mol. The molecule has 110 valence electrons. The predicted octanol–water partition coefficient (Wildman–Crippen LogP) is 3.91. The average Bonchev–Trinajstić information content (AvgIpc) is 3.07. The van der Waals surface area contributed by atoms with Gasteiger partial charge in [0.05, 0.1) is 17.1 Å². The molecule has 4 aromatic rings. The van der Waals surface area contributed by atoms with E-state index in [0.29, 0.717) is 0 Å². The number of aromatic nitrogens is 4. The van der Waals surface area contributed by atoms with Crippen molar-refractivity contribution in [3.05, 3.63) is 65.6 Å². The molecule has 1 unspecified atom stereocenters. The summed E-state index contributed by atoms with van der Waals surface area (Å²) in [4.78, 5) is 0. The highest BCUT2D eigenvalue weighted by Gasteiger charge is 2.16. The summed E-state index contributed by atoms with van der Waals surface area (Å²) in [6.07, 6.45) is 0. The number of aryl methyl sites for hydroxylation is 2. The summed E-state index contributed by atoms with van der Waals surface area (Å²) in [6, 6.07) is 17.3. The van der Waals surface area contributed by atoms with Gasteiger partial charge in [0, 0.05) is 5.69 Å². The second kappa shape index (κ2) is 4.70. The lowest BCUT2D eigenvalue weighted by Gasteiger charge is -2.18. The van der Waals surface area contributed by atoms with Gasteiger partial charge in [0.15, 0.2) is 5.65 Å². The molecule has 0 radical (unpaired) electrons. The maximum atomic E-state index is 4.21. The van der Waals surface area contributed by atoms with E-state index in [2.05, 4.69) is 75.5 Å². The molecule has 0 amide bonds. The first-order valence-electron chi connectivity index (χ1n) is 7.54. The molecule has 0 N–H and O–H groups in total. The van der Waals surface area contributed by atoms with Crippen molar-refractivity contribution in [2.24, 2.45) is 0 Å². The third kappa shape index (κ3) is 1.77. The van der Waals surface area contributed by atoms with Crippen molar-refractivity contribution in [1.29, 1.82) is 0 Å². The fraction of sp³-hybridized carbons (Fsp3) is 0.222. The number of hydrogen-bond donors (Lipinski definition) is 0. The monoisotopic (exact) mass is 290 g/mol. The van der Waals surface area contributed by atoms with Gasteiger partial charge in [-0.05, 0) is 44.5 Å². The van der Waals surface area contributed by atoms with Gasteiger partial charge in [0.1, 0.15) is 5.82 Å². The van der Waals surface area contributed by atoms with Gasteiger partial charge in [-0.1, -0.05) is 30.3 Å². The van der Waals surface area contributed by atoms with E-state index in [1.165, 1.54) is 22.3 Å². The van der Waals surface area contributed by atoms with Crippen LogP contribution < -0.4 is 0 Å². The number of nitrogens with zero attached hydrogens (tertiary/aromatic N) is 4. The molecule has 3 aromatic heterocycles. The van der Waals surface area contributed by atoms with Crippen LogP contribution in [-0.2, 0) is 0 Å². The molecule has 4 rings (SSSR count). The highest BCUT2D eigenvalue weighted by molar-refractivity contribution is 5.81. The van der Waals surface area contributed by atoms with Gasteiger partial charge in [0.25, 0.3) is 0 Å². The Morgan fingerprint density at radius 2 is 1.68 bits per heavy atom. The zero-order chi connectivity index (χ0) is 15.3. The summed E-state index contributed by atoms with van der Waals surface area (Å²) in [7, 11) is 0. The van der Waals surface area contributed by atoms with E-state index in [9.17, 15) is 0 Å². The first kappa shape index (κ1) is 13.1. The fourth-order valence-electron chi connectivity index (χ4n) is 3.33. The quantitative estimate of drug-likeness (QED) is 0.561. The molecule has 4 nitrogen and oxygen atoms in total. The standard InChI is InChI=1S/C18H18N4/c1-12-11-17-16(9-10-18-20-19-14(3)22(17)18)21(12)13(2)15-7-5-4-6-8-15/h4-11,13H,1-3H3. The second-order valence-electron chi connectivity index (χ2n) is 5.79. The smallest absolute Gasteiger partial charge is 0.161 e. The molecule has 0 saturated heterocycles. The lowest BCUT2D eigenvalue weighted by molar-refractivity contribution is 0.646. The summed E-state index contributed by atoms with van der Waals surface area (Å²) in [5, 5.41) is 8.41. The molecule has 0 bridgehead atoms. The summed E-state index contributed by atoms with van der Waals surface area (Å²) in [5.74, 6) is 0.921. The minimum Gasteiger partial charge on any atom is -0.336 e. The van der Waals surface area contributed by atoms with Crippen molar-refractivity contribution in [2.45, 2.75) is 26.8 Å². The van der Waals surface area contributed by atoms with Gasteiger partial charge in [-0.25, -0.2) is 0 Å². The largest absolute Gasteiger partial charge is 0.336 e. The van der Waals surface area contributed by atoms with Crippen LogP contribution in [0, 0.1) is 13.8 Å². The fourth-order valence-corrected chi connectivity index (χ4v) is 3.33. The van der Waals surface area contributed by atoms with E-state index >= 15 is 0 Å². The molecular weight excluding hydrogens is 272 g/mol. The number of fused-ring (bicyclic) bond motifs is 3. The molecule has 1 atom stereocenters. The molecule has 0 aliphatic rings. The molecule has 0 aliphatic heterocycles. The summed E-state index contributed by atoms with van der Waals surface area (Å²) >= 11 is 0. The molecule has 0 spiro atoms. The van der Waals surface area contributed by atoms with Crippen LogP contribution >= 0.6 is 0 Å². The summed E-state index contributed by atoms with van der Waals surface area (Å²) in [5.41, 5.74) is 5.83. The van der Waals surface area contributed by atoms with Gasteiger partial charge >= 0.3 is 0 Å². The molecule has 0 saturated carbocycles. The normalized spacial score (nSPS) is 13.0. The molecule has 0 aliphatic carbocycles. The van der Waals surface area contributed by atoms with E-state index in [-0.39, 0.29) is 6.04 Å². The molecule has 0 fully saturated rings. The Morgan fingerprint density at radius 1 is 0.909 bits per heavy atom. The maximum Gasteiger partial charge on any atom is 0.161 e. The number of rotatable bonds is 2. The van der Waals surface area contributed by atoms with Gasteiger partial charge in [-0.2, -0.15) is 0 Å². The highest BCUT2D eigenvalue weighted by Crippen LogP contribution is 2.28. The van der Waals surface area contributed by atoms with Crippen molar-refractivity contribution >= 4 is 16.7 Å². The first-order chi connectivity index (χ1) is 10.7. The topological polar surface area (TPSA) is 35.1 Å². The highest BCUT2D eigenvalue weighted by atomic mass is 15.2. The van der Waals surface area contributed by atoms with E-state index in [0.717, 1.165) is 11.5 Å². The van der Waals surface area contributed by atoms with E-state index in [4.69, 9.17) is 0 Å². The average molecular weight is 290 g/mol. The van der Waals surface area contributed by atoms with Crippen LogP contribution in [-0.4, -0.2) is 19.2 Å². The third-order valence-electron chi connectivity index (χ3n) is 4.40. The van der Waals surface area contributed by atoms with Gasteiger partial charge in [-0.15, -0.1) is 10.2 Å². The molecular formula is C18H18N4. The molecule has 22 heavy (non-hydrogen) atoms. The van der Waals surface area contributed by atoms with E-state index in [1.807, 2.05) is 13.0 Å². The van der Waals surface area contributed by atoms with Crippen molar-refractivity contribution in [2.75, 3.05) is 0 Å². The van der Waals surface area contributed by atoms with Crippen LogP contribution in [0.3, 0.4) is 0 Å². The lowest BCUT2D eigenvalue weighted by atomic mass is 10.1. The Kier molecular flexibility index (Phi) is 2.79. The van der Waals surface area contributed by atoms with Gasteiger partial charge in [-0.3, -0.25) is 4.40 Å². The van der Waals surface area contributed by atoms with Crippen LogP contribution in [0.4, 0.5) is 0 Å². The maximum absolute atomic E-state index is 4.21. The minimum atomic E-state index is 0.285. The number of hydrogen-bond acceptors (Lipinski definition) is 2. The van der Waals surface area contributed by atoms with Crippen LogP contribution in [0.2, 0.25) is 0 Å². The summed E-state index contributed by atoms with van der Waals surface area (Å²) in [6.45, 7) is 6.39. The minimum absolute atomic E-state index is 0.285. The Bertz CT molecular complexity index is 963. The molecule has 4 heteroatoms. The molecule has 1 aromatic carbocycles. The van der Waals surface area contributed by atoms with Crippen LogP contribution in [0.15, 0.2) is 48.5 Å². The number of pyridine rings is 1. The summed E-state index contributed by atoms with van der Waals surface area (Å²) < 4.78 is 4.50. The Labute approximate surface area is 129 Å². The third-order valence-corrected chi connectivity index (χ3v) is 4.40.